The number of anilines is 1. The summed E-state index contributed by atoms with van der Waals surface area (Å²) in [5.74, 6) is 0.844. The van der Waals surface area contributed by atoms with E-state index >= 15 is 0 Å². The van der Waals surface area contributed by atoms with Gasteiger partial charge in [-0.3, -0.25) is 4.90 Å². The van der Waals surface area contributed by atoms with Crippen molar-refractivity contribution < 1.29 is 4.74 Å². The molecule has 0 aliphatic carbocycles. The number of nitrogens with two attached hydrogens (primary N) is 1. The summed E-state index contributed by atoms with van der Waals surface area (Å²) in [6, 6.07) is 5.97. The molecule has 17 heavy (non-hydrogen) atoms. The molecule has 94 valence electrons. The number of nitrogens with zero attached hydrogens (tertiary/aromatic N) is 1. The zero-order chi connectivity index (χ0) is 12.5. The summed E-state index contributed by atoms with van der Waals surface area (Å²) in [5, 5.41) is 0. The van der Waals surface area contributed by atoms with E-state index in [9.17, 15) is 0 Å². The first-order valence-corrected chi connectivity index (χ1v) is 6.20. The SMILES string of the molecule is COc1cc(N)cc(CN2CCCC2(C)C)c1. The summed E-state index contributed by atoms with van der Waals surface area (Å²) >= 11 is 0. The lowest BCUT2D eigenvalue weighted by atomic mass is 10.0. The molecule has 3 heteroatoms. The molecule has 1 aliphatic heterocycles. The lowest BCUT2D eigenvalue weighted by molar-refractivity contribution is 0.166. The Morgan fingerprint density at radius 1 is 1.35 bits per heavy atom. The van der Waals surface area contributed by atoms with Crippen molar-refractivity contribution in [3.63, 3.8) is 0 Å². The van der Waals surface area contributed by atoms with Gasteiger partial charge in [0.1, 0.15) is 5.75 Å². The minimum atomic E-state index is 0.303. The van der Waals surface area contributed by atoms with Gasteiger partial charge >= 0.3 is 0 Å². The van der Waals surface area contributed by atoms with Crippen molar-refractivity contribution in [2.45, 2.75) is 38.8 Å². The third kappa shape index (κ3) is 2.72. The molecule has 2 rings (SSSR count). The largest absolute Gasteiger partial charge is 0.497 e. The van der Waals surface area contributed by atoms with Crippen LogP contribution in [0, 0.1) is 0 Å². The average Bonchev–Trinajstić information content (AvgIpc) is 2.57. The van der Waals surface area contributed by atoms with Crippen molar-refractivity contribution in [2.75, 3.05) is 19.4 Å². The molecule has 0 aromatic heterocycles. The maximum atomic E-state index is 5.88. The highest BCUT2D eigenvalue weighted by molar-refractivity contribution is 5.47. The summed E-state index contributed by atoms with van der Waals surface area (Å²) in [4.78, 5) is 2.52. The molecule has 3 nitrogen and oxygen atoms in total. The fraction of sp³-hybridized carbons (Fsp3) is 0.571. The van der Waals surface area contributed by atoms with Crippen molar-refractivity contribution in [1.29, 1.82) is 0 Å². The van der Waals surface area contributed by atoms with Crippen LogP contribution in [0.2, 0.25) is 0 Å². The van der Waals surface area contributed by atoms with Gasteiger partial charge in [0.2, 0.25) is 0 Å². The number of hydrogen-bond donors (Lipinski definition) is 1. The van der Waals surface area contributed by atoms with E-state index in [0.717, 1.165) is 18.0 Å². The molecule has 1 aromatic carbocycles. The number of methoxy groups -OCH3 is 1. The zero-order valence-corrected chi connectivity index (χ0v) is 11.0. The Hall–Kier alpha value is -1.22. The van der Waals surface area contributed by atoms with E-state index in [0.29, 0.717) is 5.54 Å². The number of hydrogen-bond acceptors (Lipinski definition) is 3. The maximum Gasteiger partial charge on any atom is 0.121 e. The molecular formula is C14H22N2O. The minimum Gasteiger partial charge on any atom is -0.497 e. The molecule has 1 fully saturated rings. The highest BCUT2D eigenvalue weighted by Gasteiger charge is 2.31. The standard InChI is InChI=1S/C14H22N2O/c1-14(2)5-4-6-16(14)10-11-7-12(15)9-13(8-11)17-3/h7-9H,4-6,10,15H2,1-3H3. The zero-order valence-electron chi connectivity index (χ0n) is 11.0. The van der Waals surface area contributed by atoms with Gasteiger partial charge in [0.15, 0.2) is 0 Å². The molecule has 0 saturated carbocycles. The summed E-state index contributed by atoms with van der Waals surface area (Å²) in [6.07, 6.45) is 2.55. The molecule has 0 bridgehead atoms. The van der Waals surface area contributed by atoms with Gasteiger partial charge in [-0.1, -0.05) is 0 Å². The second-order valence-electron chi connectivity index (χ2n) is 5.45. The lowest BCUT2D eigenvalue weighted by Crippen LogP contribution is -2.37. The fourth-order valence-electron chi connectivity index (χ4n) is 2.57. The number of rotatable bonds is 3. The first-order chi connectivity index (χ1) is 8.01. The predicted octanol–water partition coefficient (Wildman–Crippen LogP) is 2.65. The van der Waals surface area contributed by atoms with Crippen LogP contribution in [0.4, 0.5) is 5.69 Å². The number of likely N-dealkylation sites (tertiary alicyclic amines) is 1. The number of ether oxygens (including phenoxy) is 1. The second-order valence-corrected chi connectivity index (χ2v) is 5.45. The molecule has 1 aromatic rings. The van der Waals surface area contributed by atoms with Crippen LogP contribution in [0.1, 0.15) is 32.3 Å². The Kier molecular flexibility index (Phi) is 3.29. The first-order valence-electron chi connectivity index (χ1n) is 6.20. The monoisotopic (exact) mass is 234 g/mol. The van der Waals surface area contributed by atoms with Crippen molar-refractivity contribution >= 4 is 5.69 Å². The normalized spacial score (nSPS) is 19.5. The maximum absolute atomic E-state index is 5.88. The smallest absolute Gasteiger partial charge is 0.121 e. The van der Waals surface area contributed by atoms with E-state index in [1.54, 1.807) is 7.11 Å². The molecule has 1 aliphatic rings. The van der Waals surface area contributed by atoms with E-state index in [1.165, 1.54) is 24.9 Å². The number of nitrogen functional groups attached to an aromatic ring is 1. The van der Waals surface area contributed by atoms with E-state index in [4.69, 9.17) is 10.5 Å². The van der Waals surface area contributed by atoms with Gasteiger partial charge in [0.05, 0.1) is 7.11 Å². The van der Waals surface area contributed by atoms with Gasteiger partial charge < -0.3 is 10.5 Å². The van der Waals surface area contributed by atoms with Gasteiger partial charge in [-0.15, -0.1) is 0 Å². The van der Waals surface area contributed by atoms with Crippen molar-refractivity contribution in [3.05, 3.63) is 23.8 Å². The predicted molar refractivity (Wildman–Crippen MR) is 71.1 cm³/mol. The Balaban J connectivity index is 2.15. The van der Waals surface area contributed by atoms with Crippen molar-refractivity contribution in [1.82, 2.24) is 4.90 Å². The van der Waals surface area contributed by atoms with Gasteiger partial charge in [-0.2, -0.15) is 0 Å². The molecular weight excluding hydrogens is 212 g/mol. The number of benzene rings is 1. The minimum absolute atomic E-state index is 0.303. The van der Waals surface area contributed by atoms with Crippen molar-refractivity contribution in [3.8, 4) is 5.75 Å². The molecule has 0 atom stereocenters. The van der Waals surface area contributed by atoms with Crippen LogP contribution < -0.4 is 10.5 Å². The van der Waals surface area contributed by atoms with E-state index in [2.05, 4.69) is 24.8 Å². The highest BCUT2D eigenvalue weighted by Crippen LogP contribution is 2.30. The Morgan fingerprint density at radius 2 is 2.12 bits per heavy atom. The highest BCUT2D eigenvalue weighted by atomic mass is 16.5. The second kappa shape index (κ2) is 4.57. The molecule has 0 unspecified atom stereocenters. The Labute approximate surface area is 104 Å². The van der Waals surface area contributed by atoms with Crippen LogP contribution in [0.15, 0.2) is 18.2 Å². The van der Waals surface area contributed by atoms with Gasteiger partial charge in [-0.25, -0.2) is 0 Å². The average molecular weight is 234 g/mol. The summed E-state index contributed by atoms with van der Waals surface area (Å²) in [6.45, 7) is 6.74. The van der Waals surface area contributed by atoms with E-state index in [-0.39, 0.29) is 0 Å². The fourth-order valence-corrected chi connectivity index (χ4v) is 2.57. The quantitative estimate of drug-likeness (QED) is 0.817. The molecule has 0 amide bonds. The molecule has 1 saturated heterocycles. The summed E-state index contributed by atoms with van der Waals surface area (Å²) < 4.78 is 5.25. The van der Waals surface area contributed by atoms with Crippen LogP contribution in [0.25, 0.3) is 0 Å². The molecule has 0 spiro atoms. The summed E-state index contributed by atoms with van der Waals surface area (Å²) in [7, 11) is 1.68. The first kappa shape index (κ1) is 12.2. The Morgan fingerprint density at radius 3 is 2.71 bits per heavy atom. The third-order valence-corrected chi connectivity index (χ3v) is 3.67. The molecule has 2 N–H and O–H groups in total. The van der Waals surface area contributed by atoms with Crippen LogP contribution in [0.5, 0.6) is 5.75 Å². The molecule has 0 radical (unpaired) electrons. The van der Waals surface area contributed by atoms with Gasteiger partial charge in [0, 0.05) is 23.8 Å². The van der Waals surface area contributed by atoms with Gasteiger partial charge in [-0.05, 0) is 50.9 Å². The topological polar surface area (TPSA) is 38.5 Å². The van der Waals surface area contributed by atoms with E-state index < -0.39 is 0 Å². The third-order valence-electron chi connectivity index (χ3n) is 3.67. The summed E-state index contributed by atoms with van der Waals surface area (Å²) in [5.41, 5.74) is 8.19. The van der Waals surface area contributed by atoms with Crippen LogP contribution >= 0.6 is 0 Å². The molecule has 1 heterocycles. The van der Waals surface area contributed by atoms with Gasteiger partial charge in [0.25, 0.3) is 0 Å². The van der Waals surface area contributed by atoms with Crippen molar-refractivity contribution in [2.24, 2.45) is 0 Å². The van der Waals surface area contributed by atoms with E-state index in [1.807, 2.05) is 12.1 Å². The lowest BCUT2D eigenvalue weighted by Gasteiger charge is -2.31. The van der Waals surface area contributed by atoms with Crippen LogP contribution in [-0.4, -0.2) is 24.1 Å². The van der Waals surface area contributed by atoms with Crippen LogP contribution in [0.3, 0.4) is 0 Å². The Bertz CT molecular complexity index is 401. The van der Waals surface area contributed by atoms with Crippen LogP contribution in [-0.2, 0) is 6.54 Å².